The summed E-state index contributed by atoms with van der Waals surface area (Å²) in [6.45, 7) is 0. The first-order chi connectivity index (χ1) is 27.7. The lowest BCUT2D eigenvalue weighted by Crippen LogP contribution is -1.99. The van der Waals surface area contributed by atoms with Crippen LogP contribution in [0, 0.1) is 0 Å². The highest BCUT2D eigenvalue weighted by molar-refractivity contribution is 6.42. The van der Waals surface area contributed by atoms with Gasteiger partial charge in [-0.1, -0.05) is 164 Å². The second-order valence-corrected chi connectivity index (χ2v) is 14.6. The van der Waals surface area contributed by atoms with E-state index in [1.165, 1.54) is 76.5 Å². The molecule has 264 valence electrons. The van der Waals surface area contributed by atoms with Gasteiger partial charge in [-0.05, 0) is 111 Å². The Kier molecular flexibility index (Phi) is 7.33. The Morgan fingerprint density at radius 3 is 1.05 bits per heavy atom. The molecule has 0 atom stereocenters. The number of fused-ring (bicyclic) bond motifs is 6. The Bertz CT molecular complexity index is 3280. The van der Waals surface area contributed by atoms with Gasteiger partial charge in [-0.25, -0.2) is 0 Å². The normalized spacial score (nSPS) is 11.8. The summed E-state index contributed by atoms with van der Waals surface area (Å²) in [5.41, 5.74) is 9.53. The Morgan fingerprint density at radius 2 is 0.571 bits per heavy atom. The number of methoxy groups -OCH3 is 2. The molecule has 0 N–H and O–H groups in total. The van der Waals surface area contributed by atoms with Crippen LogP contribution in [-0.2, 0) is 0 Å². The zero-order valence-corrected chi connectivity index (χ0v) is 31.1. The van der Waals surface area contributed by atoms with Crippen molar-refractivity contribution in [3.05, 3.63) is 182 Å². The molecule has 0 fully saturated rings. The molecule has 11 aromatic carbocycles. The molecule has 0 saturated carbocycles. The highest BCUT2D eigenvalue weighted by Crippen LogP contribution is 2.55. The third-order valence-corrected chi connectivity index (χ3v) is 11.7. The van der Waals surface area contributed by atoms with Crippen LogP contribution in [0.15, 0.2) is 182 Å². The van der Waals surface area contributed by atoms with Gasteiger partial charge in [0, 0.05) is 16.2 Å². The van der Waals surface area contributed by atoms with E-state index < -0.39 is 0 Å². The quantitative estimate of drug-likeness (QED) is 0.126. The minimum Gasteiger partial charge on any atom is -0.496 e. The molecular formula is C54H36O2. The van der Waals surface area contributed by atoms with E-state index in [-0.39, 0.29) is 0 Å². The van der Waals surface area contributed by atoms with E-state index >= 15 is 0 Å². The van der Waals surface area contributed by atoms with Crippen molar-refractivity contribution in [2.75, 3.05) is 14.2 Å². The Hall–Kier alpha value is -7.16. The topological polar surface area (TPSA) is 18.5 Å². The summed E-state index contributed by atoms with van der Waals surface area (Å²) >= 11 is 0. The summed E-state index contributed by atoms with van der Waals surface area (Å²) in [7, 11) is 3.58. The van der Waals surface area contributed by atoms with E-state index in [0.29, 0.717) is 0 Å². The van der Waals surface area contributed by atoms with E-state index in [9.17, 15) is 0 Å². The number of ether oxygens (including phenoxy) is 2. The van der Waals surface area contributed by atoms with Crippen molar-refractivity contribution >= 4 is 64.6 Å². The van der Waals surface area contributed by atoms with Crippen LogP contribution in [-0.4, -0.2) is 14.2 Å². The van der Waals surface area contributed by atoms with Crippen molar-refractivity contribution in [1.82, 2.24) is 0 Å². The van der Waals surface area contributed by atoms with Crippen LogP contribution in [0.2, 0.25) is 0 Å². The van der Waals surface area contributed by atoms with Crippen LogP contribution in [0.3, 0.4) is 0 Å². The Balaban J connectivity index is 1.52. The molecule has 0 heterocycles. The maximum atomic E-state index is 6.36. The first-order valence-electron chi connectivity index (χ1n) is 19.2. The third kappa shape index (κ3) is 4.63. The van der Waals surface area contributed by atoms with Crippen LogP contribution < -0.4 is 9.47 Å². The lowest BCUT2D eigenvalue weighted by atomic mass is 9.77. The van der Waals surface area contributed by atoms with Gasteiger partial charge in [-0.3, -0.25) is 0 Å². The van der Waals surface area contributed by atoms with Crippen molar-refractivity contribution in [2.45, 2.75) is 0 Å². The molecule has 0 radical (unpaired) electrons. The van der Waals surface area contributed by atoms with E-state index in [4.69, 9.17) is 9.47 Å². The third-order valence-electron chi connectivity index (χ3n) is 11.7. The fraction of sp³-hybridized carbons (Fsp3) is 0.0370. The molecule has 0 aliphatic heterocycles. The predicted molar refractivity (Wildman–Crippen MR) is 238 cm³/mol. The molecule has 56 heavy (non-hydrogen) atoms. The van der Waals surface area contributed by atoms with Gasteiger partial charge in [0.2, 0.25) is 0 Å². The first kappa shape index (κ1) is 32.3. The fourth-order valence-corrected chi connectivity index (χ4v) is 9.53. The smallest absolute Gasteiger partial charge is 0.127 e. The number of hydrogen-bond donors (Lipinski definition) is 0. The number of benzene rings is 11. The van der Waals surface area contributed by atoms with E-state index in [2.05, 4.69) is 182 Å². The van der Waals surface area contributed by atoms with Gasteiger partial charge >= 0.3 is 0 Å². The Labute approximate surface area is 325 Å². The van der Waals surface area contributed by atoms with E-state index in [1.807, 2.05) is 0 Å². The fourth-order valence-electron chi connectivity index (χ4n) is 9.53. The minimum absolute atomic E-state index is 0.859. The summed E-state index contributed by atoms with van der Waals surface area (Å²) in [4.78, 5) is 0. The van der Waals surface area contributed by atoms with E-state index in [0.717, 1.165) is 44.2 Å². The Morgan fingerprint density at radius 1 is 0.250 bits per heavy atom. The van der Waals surface area contributed by atoms with Gasteiger partial charge < -0.3 is 9.47 Å². The van der Waals surface area contributed by atoms with Crippen molar-refractivity contribution in [3.63, 3.8) is 0 Å². The highest BCUT2D eigenvalue weighted by Gasteiger charge is 2.27. The highest BCUT2D eigenvalue weighted by atomic mass is 16.5. The van der Waals surface area contributed by atoms with Gasteiger partial charge in [0.1, 0.15) is 11.5 Å². The van der Waals surface area contributed by atoms with Gasteiger partial charge in [-0.15, -0.1) is 0 Å². The zero-order chi connectivity index (χ0) is 37.3. The summed E-state index contributed by atoms with van der Waals surface area (Å²) < 4.78 is 12.6. The molecule has 0 amide bonds. The summed E-state index contributed by atoms with van der Waals surface area (Å²) in [5.74, 6) is 1.72. The van der Waals surface area contributed by atoms with Gasteiger partial charge in [0.25, 0.3) is 0 Å². The average molecular weight is 717 g/mol. The maximum absolute atomic E-state index is 6.36. The maximum Gasteiger partial charge on any atom is 0.127 e. The average Bonchev–Trinajstić information content (AvgIpc) is 3.27. The van der Waals surface area contributed by atoms with Crippen molar-refractivity contribution in [2.24, 2.45) is 0 Å². The monoisotopic (exact) mass is 716 g/mol. The molecule has 0 aliphatic rings. The first-order valence-corrected chi connectivity index (χ1v) is 19.2. The molecule has 0 aliphatic carbocycles. The molecule has 0 aromatic heterocycles. The molecule has 0 saturated heterocycles. The van der Waals surface area contributed by atoms with Gasteiger partial charge in [0.15, 0.2) is 0 Å². The summed E-state index contributed by atoms with van der Waals surface area (Å²) in [5, 5.41) is 14.2. The lowest BCUT2D eigenvalue weighted by Gasteiger charge is -2.26. The van der Waals surface area contributed by atoms with Crippen molar-refractivity contribution < 1.29 is 9.47 Å². The largest absolute Gasteiger partial charge is 0.496 e. The molecular weight excluding hydrogens is 681 g/mol. The molecule has 2 heteroatoms. The van der Waals surface area contributed by atoms with Crippen LogP contribution in [0.25, 0.3) is 109 Å². The zero-order valence-electron chi connectivity index (χ0n) is 31.1. The van der Waals surface area contributed by atoms with Crippen LogP contribution in [0.4, 0.5) is 0 Å². The number of rotatable bonds is 6. The van der Waals surface area contributed by atoms with Gasteiger partial charge in [0.05, 0.1) is 14.2 Å². The number of hydrogen-bond acceptors (Lipinski definition) is 2. The second kappa shape index (κ2) is 12.7. The summed E-state index contributed by atoms with van der Waals surface area (Å²) in [6.07, 6.45) is 0. The van der Waals surface area contributed by atoms with Crippen LogP contribution in [0.5, 0.6) is 11.5 Å². The molecule has 2 nitrogen and oxygen atoms in total. The molecule has 0 bridgehead atoms. The van der Waals surface area contributed by atoms with Crippen LogP contribution >= 0.6 is 0 Å². The predicted octanol–water partition coefficient (Wildman–Crippen LogP) is 14.7. The minimum atomic E-state index is 0.859. The van der Waals surface area contributed by atoms with Crippen molar-refractivity contribution in [1.29, 1.82) is 0 Å². The molecule has 11 aromatic rings. The molecule has 11 rings (SSSR count). The standard InChI is InChI=1S/C54H36O2/c1-55-45-31-43-50(36-24-13-6-14-25-36)49(35-22-11-5-12-23-35)42-30-41-48(34-20-9-4-10-21-34)47(33-18-7-3-8-19-33)40-29-17-28-39-46(56-2)32-44(54(41)52(39)40)53(42)51(43)38-27-16-15-26-37(38)45/h3-32H,1-2H3. The van der Waals surface area contributed by atoms with Crippen LogP contribution in [0.1, 0.15) is 0 Å². The SMILES string of the molecule is COc1cc2c(-c3ccccc3)c(-c3ccccc3)c3cc4c(-c5ccccc5)c(-c5ccccc5)c5cccc6c(OC)cc(c4c65)c3c2c2ccccc12. The lowest BCUT2D eigenvalue weighted by molar-refractivity contribution is 0.420. The molecule has 0 unspecified atom stereocenters. The molecule has 0 spiro atoms. The second-order valence-electron chi connectivity index (χ2n) is 14.6. The van der Waals surface area contributed by atoms with E-state index in [1.54, 1.807) is 14.2 Å². The van der Waals surface area contributed by atoms with Gasteiger partial charge in [-0.2, -0.15) is 0 Å². The summed E-state index contributed by atoms with van der Waals surface area (Å²) in [6, 6.07) is 66.1. The van der Waals surface area contributed by atoms with Crippen molar-refractivity contribution in [3.8, 4) is 56.0 Å².